The van der Waals surface area contributed by atoms with Gasteiger partial charge in [0.2, 0.25) is 0 Å². The van der Waals surface area contributed by atoms with E-state index in [0.717, 1.165) is 5.56 Å². The molecule has 0 aliphatic heterocycles. The van der Waals surface area contributed by atoms with Crippen LogP contribution in [0.25, 0.3) is 0 Å². The summed E-state index contributed by atoms with van der Waals surface area (Å²) in [6, 6.07) is 5.42. The van der Waals surface area contributed by atoms with E-state index in [9.17, 15) is 4.79 Å². The zero-order valence-electron chi connectivity index (χ0n) is 7.97. The first-order valence-corrected chi connectivity index (χ1v) is 3.86. The van der Waals surface area contributed by atoms with E-state index < -0.39 is 12.0 Å². The van der Waals surface area contributed by atoms with Crippen molar-refractivity contribution in [3.8, 4) is 5.75 Å². The zero-order chi connectivity index (χ0) is 9.84. The summed E-state index contributed by atoms with van der Waals surface area (Å²) in [5, 5.41) is 17.5. The van der Waals surface area contributed by atoms with Gasteiger partial charge in [-0.05, 0) is 24.1 Å². The van der Waals surface area contributed by atoms with Crippen LogP contribution < -0.4 is 5.73 Å². The molecule has 0 saturated heterocycles. The summed E-state index contributed by atoms with van der Waals surface area (Å²) in [6.07, 6.45) is 0.273. The van der Waals surface area contributed by atoms with Crippen molar-refractivity contribution >= 4 is 65.1 Å². The fourth-order valence-corrected chi connectivity index (χ4v) is 0.973. The Morgan fingerprint density at radius 2 is 1.59 bits per heavy atom. The Balaban J connectivity index is -0.000000211. The number of carboxylic acids is 1. The molecule has 8 N–H and O–H groups in total. The summed E-state index contributed by atoms with van der Waals surface area (Å²) in [4.78, 5) is 10.4. The first-order valence-electron chi connectivity index (χ1n) is 3.86. The van der Waals surface area contributed by atoms with Crippen LogP contribution in [0, 0.1) is 0 Å². The molecule has 0 radical (unpaired) electrons. The predicted molar refractivity (Wildman–Crippen MR) is 68.9 cm³/mol. The van der Waals surface area contributed by atoms with Crippen molar-refractivity contribution in [1.29, 1.82) is 0 Å². The Hall–Kier alpha value is 0.370. The third kappa shape index (κ3) is 10.0. The van der Waals surface area contributed by atoms with Gasteiger partial charge in [-0.3, -0.25) is 4.79 Å². The minimum atomic E-state index is -1.02. The number of phenolic OH excluding ortho intramolecular Hbond substituents is 1. The topological polar surface area (TPSA) is 147 Å². The van der Waals surface area contributed by atoms with Crippen LogP contribution in [0.3, 0.4) is 0 Å². The summed E-state index contributed by atoms with van der Waals surface area (Å²) >= 11 is 0. The van der Waals surface area contributed by atoms with Crippen LogP contribution in [-0.2, 0) is 11.2 Å². The molecule has 0 bridgehead atoms. The molecule has 1 aromatic rings. The van der Waals surface area contributed by atoms with E-state index in [0.29, 0.717) is 0 Å². The molecule has 0 unspecified atom stereocenters. The fraction of sp³-hybridized carbons (Fsp3) is 0.222. The van der Waals surface area contributed by atoms with Gasteiger partial charge in [0.1, 0.15) is 11.8 Å². The van der Waals surface area contributed by atoms with Crippen molar-refractivity contribution in [3.63, 3.8) is 0 Å². The second-order valence-electron chi connectivity index (χ2n) is 2.82. The quantitative estimate of drug-likeness (QED) is 0.514. The number of benzene rings is 1. The van der Waals surface area contributed by atoms with Gasteiger partial charge in [0.15, 0.2) is 0 Å². The number of phenols is 1. The Kier molecular flexibility index (Phi) is 19.6. The van der Waals surface area contributed by atoms with Crippen LogP contribution in [0.5, 0.6) is 5.75 Å². The molecule has 1 atom stereocenters. The van der Waals surface area contributed by atoms with Crippen LogP contribution in [0.1, 0.15) is 5.56 Å². The number of rotatable bonds is 3. The normalized spacial score (nSPS) is 9.47. The van der Waals surface area contributed by atoms with E-state index in [1.165, 1.54) is 12.1 Å². The molecular formula is C9H17NNa2O5. The van der Waals surface area contributed by atoms with Crippen molar-refractivity contribution in [2.24, 2.45) is 5.73 Å². The Labute approximate surface area is 143 Å². The van der Waals surface area contributed by atoms with Gasteiger partial charge in [0.05, 0.1) is 0 Å². The molecule has 0 fully saturated rings. The Morgan fingerprint density at radius 1 is 1.18 bits per heavy atom. The third-order valence-electron chi connectivity index (χ3n) is 1.71. The minimum absolute atomic E-state index is 0. The van der Waals surface area contributed by atoms with E-state index in [-0.39, 0.29) is 82.2 Å². The molecule has 0 amide bonds. The van der Waals surface area contributed by atoms with Crippen molar-refractivity contribution in [2.45, 2.75) is 12.5 Å². The molecule has 0 saturated carbocycles. The summed E-state index contributed by atoms with van der Waals surface area (Å²) < 4.78 is 0. The average Bonchev–Trinajstić information content (AvgIpc) is 2.08. The van der Waals surface area contributed by atoms with Crippen LogP contribution in [-0.4, -0.2) is 92.3 Å². The molecule has 1 rings (SSSR count). The van der Waals surface area contributed by atoms with E-state index in [4.69, 9.17) is 15.9 Å². The first kappa shape index (κ1) is 26.0. The summed E-state index contributed by atoms with van der Waals surface area (Å²) in [6.45, 7) is 0. The molecule has 0 heterocycles. The summed E-state index contributed by atoms with van der Waals surface area (Å²) in [5.41, 5.74) is 6.12. The zero-order valence-corrected chi connectivity index (χ0v) is 7.97. The van der Waals surface area contributed by atoms with Gasteiger partial charge in [-0.15, -0.1) is 0 Å². The van der Waals surface area contributed by atoms with E-state index >= 15 is 0 Å². The third-order valence-corrected chi connectivity index (χ3v) is 1.71. The average molecular weight is 265 g/mol. The van der Waals surface area contributed by atoms with Crippen LogP contribution in [0.2, 0.25) is 0 Å². The molecule has 6 nitrogen and oxygen atoms in total. The summed E-state index contributed by atoms with van der Waals surface area (Å²) in [7, 11) is 0. The van der Waals surface area contributed by atoms with Crippen LogP contribution >= 0.6 is 0 Å². The van der Waals surface area contributed by atoms with Crippen LogP contribution in [0.15, 0.2) is 24.3 Å². The van der Waals surface area contributed by atoms with Gasteiger partial charge in [0, 0.05) is 0 Å². The molecule has 17 heavy (non-hydrogen) atoms. The maximum atomic E-state index is 10.4. The SMILES string of the molecule is N[C@@H](Cc1ccc(O)cc1)C(=O)O.O.O.[NaH].[NaH]. The van der Waals surface area contributed by atoms with Crippen molar-refractivity contribution in [3.05, 3.63) is 29.8 Å². The van der Waals surface area contributed by atoms with Crippen molar-refractivity contribution in [1.82, 2.24) is 0 Å². The van der Waals surface area contributed by atoms with Gasteiger partial charge in [-0.2, -0.15) is 0 Å². The number of hydrogen-bond donors (Lipinski definition) is 3. The van der Waals surface area contributed by atoms with Crippen LogP contribution in [0.4, 0.5) is 0 Å². The molecular weight excluding hydrogens is 248 g/mol. The second kappa shape index (κ2) is 12.8. The standard InChI is InChI=1S/C9H11NO3.2Na.2H2O.2H/c10-8(9(12)13)5-6-1-3-7(11)4-2-6;;;;;;/h1-4,8,11H,5,10H2,(H,12,13);;;2*1H2;;/t8-;;;;;;/m0....../s1. The fourth-order valence-electron chi connectivity index (χ4n) is 0.973. The number of hydrogen-bond acceptors (Lipinski definition) is 3. The van der Waals surface area contributed by atoms with Gasteiger partial charge in [-0.25, -0.2) is 0 Å². The number of aliphatic carboxylic acids is 1. The molecule has 1 aromatic carbocycles. The molecule has 0 aromatic heterocycles. The second-order valence-corrected chi connectivity index (χ2v) is 2.82. The number of carboxylic acid groups (broad SMARTS) is 1. The molecule has 0 spiro atoms. The number of nitrogens with two attached hydrogens (primary N) is 1. The number of carbonyl (C=O) groups is 1. The Bertz CT molecular complexity index is 307. The van der Waals surface area contributed by atoms with Crippen molar-refractivity contribution < 1.29 is 26.0 Å². The number of aromatic hydroxyl groups is 1. The van der Waals surface area contributed by atoms with E-state index in [2.05, 4.69) is 0 Å². The van der Waals surface area contributed by atoms with Gasteiger partial charge in [0.25, 0.3) is 0 Å². The molecule has 0 aliphatic rings. The predicted octanol–water partition coefficient (Wildman–Crippen LogP) is -2.60. The monoisotopic (exact) mass is 265 g/mol. The maximum absolute atomic E-state index is 10.4. The van der Waals surface area contributed by atoms with Gasteiger partial charge >= 0.3 is 65.1 Å². The first-order chi connectivity index (χ1) is 6.09. The van der Waals surface area contributed by atoms with Gasteiger partial charge in [-0.1, -0.05) is 12.1 Å². The van der Waals surface area contributed by atoms with E-state index in [1.807, 2.05) is 0 Å². The van der Waals surface area contributed by atoms with Crippen molar-refractivity contribution in [2.75, 3.05) is 0 Å². The van der Waals surface area contributed by atoms with E-state index in [1.54, 1.807) is 12.1 Å². The Morgan fingerprint density at radius 3 is 1.94 bits per heavy atom. The molecule has 0 aliphatic carbocycles. The van der Waals surface area contributed by atoms with Gasteiger partial charge < -0.3 is 26.9 Å². The molecule has 8 heteroatoms. The summed E-state index contributed by atoms with van der Waals surface area (Å²) in [5.74, 6) is -0.860. The molecule has 90 valence electrons.